The van der Waals surface area contributed by atoms with E-state index in [1.165, 1.54) is 7.11 Å². The smallest absolute Gasteiger partial charge is 0.250 e. The van der Waals surface area contributed by atoms with Gasteiger partial charge in [0.25, 0.3) is 0 Å². The molecule has 1 aliphatic rings. The first-order valence-corrected chi connectivity index (χ1v) is 11.7. The first-order valence-electron chi connectivity index (χ1n) is 9.32. The van der Waals surface area contributed by atoms with E-state index in [4.69, 9.17) is 28.6 Å². The molecule has 1 fully saturated rings. The molecule has 0 bridgehead atoms. The molecule has 3 heterocycles. The van der Waals surface area contributed by atoms with Crippen LogP contribution in [0.4, 0.5) is 11.4 Å². The maximum Gasteiger partial charge on any atom is 0.250 e. The highest BCUT2D eigenvalue weighted by Crippen LogP contribution is 2.45. The van der Waals surface area contributed by atoms with E-state index in [9.17, 15) is 4.79 Å². The van der Waals surface area contributed by atoms with E-state index >= 15 is 0 Å². The number of amides is 1. The second-order valence-corrected chi connectivity index (χ2v) is 10.1. The summed E-state index contributed by atoms with van der Waals surface area (Å²) in [5.74, 6) is -0.271. The standard InChI is InChI=1S/C21H18BrClN4O2S2/c1-29-11-18(28)25-14-6-5-12(10-13(14)23)27-20(16-7-8-17(22)31-16)19(26-21(27)30)15-4-2-3-9-24-15/h2-10,19-20H,11H2,1H3,(H,25,28)(H,26,30)/t19-,20+/m1/s1. The van der Waals surface area contributed by atoms with Gasteiger partial charge in [0, 0.05) is 23.9 Å². The quantitative estimate of drug-likeness (QED) is 0.415. The Bertz CT molecular complexity index is 1110. The van der Waals surface area contributed by atoms with Gasteiger partial charge < -0.3 is 20.3 Å². The zero-order chi connectivity index (χ0) is 22.0. The second-order valence-electron chi connectivity index (χ2n) is 6.78. The van der Waals surface area contributed by atoms with Crippen LogP contribution >= 0.6 is 51.1 Å². The van der Waals surface area contributed by atoms with Crippen molar-refractivity contribution < 1.29 is 9.53 Å². The molecule has 0 unspecified atom stereocenters. The summed E-state index contributed by atoms with van der Waals surface area (Å²) in [6, 6.07) is 15.2. The first-order chi connectivity index (χ1) is 15.0. The van der Waals surface area contributed by atoms with Crippen molar-refractivity contribution in [2.24, 2.45) is 0 Å². The van der Waals surface area contributed by atoms with Gasteiger partial charge in [-0.1, -0.05) is 17.7 Å². The molecule has 2 atom stereocenters. The lowest BCUT2D eigenvalue weighted by molar-refractivity contribution is -0.119. The number of rotatable bonds is 6. The van der Waals surface area contributed by atoms with Gasteiger partial charge in [0.15, 0.2) is 5.11 Å². The zero-order valence-electron chi connectivity index (χ0n) is 16.3. The van der Waals surface area contributed by atoms with Gasteiger partial charge >= 0.3 is 0 Å². The summed E-state index contributed by atoms with van der Waals surface area (Å²) in [4.78, 5) is 19.6. The van der Waals surface area contributed by atoms with Crippen molar-refractivity contribution in [3.8, 4) is 0 Å². The Labute approximate surface area is 202 Å². The van der Waals surface area contributed by atoms with Crippen LogP contribution in [0, 0.1) is 0 Å². The molecule has 1 aliphatic heterocycles. The van der Waals surface area contributed by atoms with Crippen LogP contribution in [0.2, 0.25) is 5.02 Å². The van der Waals surface area contributed by atoms with E-state index in [0.717, 1.165) is 20.0 Å². The summed E-state index contributed by atoms with van der Waals surface area (Å²) in [6.45, 7) is -0.0424. The Morgan fingerprint density at radius 1 is 1.35 bits per heavy atom. The van der Waals surface area contributed by atoms with Crippen LogP contribution in [0.25, 0.3) is 0 Å². The fraction of sp³-hybridized carbons (Fsp3) is 0.190. The number of hydrogen-bond acceptors (Lipinski definition) is 5. The van der Waals surface area contributed by atoms with Crippen molar-refractivity contribution in [2.75, 3.05) is 23.9 Å². The monoisotopic (exact) mass is 536 g/mol. The van der Waals surface area contributed by atoms with Gasteiger partial charge in [-0.25, -0.2) is 0 Å². The summed E-state index contributed by atoms with van der Waals surface area (Å²) >= 11 is 17.4. The minimum atomic E-state index is -0.271. The number of thiocarbonyl (C=S) groups is 1. The lowest BCUT2D eigenvalue weighted by Crippen LogP contribution is -2.29. The summed E-state index contributed by atoms with van der Waals surface area (Å²) < 4.78 is 5.89. The average molecular weight is 538 g/mol. The van der Waals surface area contributed by atoms with Crippen LogP contribution < -0.4 is 15.5 Å². The highest BCUT2D eigenvalue weighted by atomic mass is 79.9. The number of hydrogen-bond donors (Lipinski definition) is 2. The predicted octanol–water partition coefficient (Wildman–Crippen LogP) is 5.32. The van der Waals surface area contributed by atoms with Gasteiger partial charge in [-0.2, -0.15) is 0 Å². The number of anilines is 2. The number of nitrogens with one attached hydrogen (secondary N) is 2. The fourth-order valence-corrected chi connectivity index (χ4v) is 5.60. The van der Waals surface area contributed by atoms with Gasteiger partial charge in [0.1, 0.15) is 6.61 Å². The molecular formula is C21H18BrClN4O2S2. The molecule has 6 nitrogen and oxygen atoms in total. The maximum absolute atomic E-state index is 11.9. The van der Waals surface area contributed by atoms with Gasteiger partial charge in [-0.3, -0.25) is 9.78 Å². The molecule has 3 aromatic rings. The van der Waals surface area contributed by atoms with E-state index in [1.54, 1.807) is 29.7 Å². The van der Waals surface area contributed by atoms with Crippen LogP contribution in [0.15, 0.2) is 58.5 Å². The van der Waals surface area contributed by atoms with Crippen molar-refractivity contribution in [3.05, 3.63) is 74.1 Å². The van der Waals surface area contributed by atoms with Crippen LogP contribution in [0.1, 0.15) is 22.7 Å². The van der Waals surface area contributed by atoms with E-state index in [0.29, 0.717) is 15.8 Å². The number of carbonyl (C=O) groups is 1. The van der Waals surface area contributed by atoms with Crippen molar-refractivity contribution in [2.45, 2.75) is 12.1 Å². The number of thiophene rings is 1. The molecule has 1 amide bonds. The minimum Gasteiger partial charge on any atom is -0.375 e. The largest absolute Gasteiger partial charge is 0.375 e. The summed E-state index contributed by atoms with van der Waals surface area (Å²) in [6.07, 6.45) is 1.78. The molecule has 2 N–H and O–H groups in total. The number of ether oxygens (including phenoxy) is 1. The Morgan fingerprint density at radius 2 is 2.19 bits per heavy atom. The Hall–Kier alpha value is -2.04. The summed E-state index contributed by atoms with van der Waals surface area (Å²) in [5, 5.41) is 7.16. The molecule has 0 aliphatic carbocycles. The van der Waals surface area contributed by atoms with Crippen molar-refractivity contribution >= 4 is 73.5 Å². The SMILES string of the molecule is COCC(=O)Nc1ccc(N2C(=S)N[C@H](c3ccccn3)[C@@H]2c2ccc(Br)s2)cc1Cl. The molecule has 2 aromatic heterocycles. The molecule has 10 heteroatoms. The molecule has 1 aromatic carbocycles. The van der Waals surface area contributed by atoms with Crippen LogP contribution in [-0.4, -0.2) is 29.7 Å². The first kappa shape index (κ1) is 22.2. The van der Waals surface area contributed by atoms with Gasteiger partial charge in [-0.05, 0) is 70.6 Å². The zero-order valence-corrected chi connectivity index (χ0v) is 20.3. The highest BCUT2D eigenvalue weighted by Gasteiger charge is 2.41. The Balaban J connectivity index is 1.71. The number of aromatic nitrogens is 1. The average Bonchev–Trinajstić information content (AvgIpc) is 3.33. The van der Waals surface area contributed by atoms with Crippen LogP contribution in [0.3, 0.4) is 0 Å². The summed E-state index contributed by atoms with van der Waals surface area (Å²) in [7, 11) is 1.46. The van der Waals surface area contributed by atoms with E-state index in [-0.39, 0.29) is 24.6 Å². The molecule has 160 valence electrons. The van der Waals surface area contributed by atoms with Gasteiger partial charge in [0.2, 0.25) is 5.91 Å². The third-order valence-electron chi connectivity index (χ3n) is 4.76. The second kappa shape index (κ2) is 9.62. The molecular weight excluding hydrogens is 520 g/mol. The van der Waals surface area contributed by atoms with Crippen molar-refractivity contribution in [1.82, 2.24) is 10.3 Å². The highest BCUT2D eigenvalue weighted by molar-refractivity contribution is 9.11. The van der Waals surface area contributed by atoms with Crippen molar-refractivity contribution in [1.29, 1.82) is 0 Å². The van der Waals surface area contributed by atoms with Crippen LogP contribution in [0.5, 0.6) is 0 Å². The van der Waals surface area contributed by atoms with Crippen molar-refractivity contribution in [3.63, 3.8) is 0 Å². The molecule has 0 radical (unpaired) electrons. The van der Waals surface area contributed by atoms with Gasteiger partial charge in [-0.15, -0.1) is 11.3 Å². The number of benzene rings is 1. The Kier molecular flexibility index (Phi) is 6.88. The minimum absolute atomic E-state index is 0.0424. The number of pyridine rings is 1. The number of carbonyl (C=O) groups excluding carboxylic acids is 1. The lowest BCUT2D eigenvalue weighted by Gasteiger charge is -2.27. The van der Waals surface area contributed by atoms with E-state index in [2.05, 4.69) is 37.6 Å². The third kappa shape index (κ3) is 4.75. The predicted molar refractivity (Wildman–Crippen MR) is 132 cm³/mol. The molecule has 31 heavy (non-hydrogen) atoms. The topological polar surface area (TPSA) is 66.5 Å². The lowest BCUT2D eigenvalue weighted by atomic mass is 10.0. The maximum atomic E-state index is 11.9. The third-order valence-corrected chi connectivity index (χ3v) is 7.09. The summed E-state index contributed by atoms with van der Waals surface area (Å²) in [5.41, 5.74) is 2.24. The molecule has 0 saturated carbocycles. The van der Waals surface area contributed by atoms with Crippen LogP contribution in [-0.2, 0) is 9.53 Å². The number of halogens is 2. The molecule has 1 saturated heterocycles. The number of methoxy groups -OCH3 is 1. The number of nitrogens with zero attached hydrogens (tertiary/aromatic N) is 2. The van der Waals surface area contributed by atoms with Gasteiger partial charge in [0.05, 0.1) is 32.3 Å². The normalized spacial score (nSPS) is 18.2. The van der Waals surface area contributed by atoms with E-state index < -0.39 is 0 Å². The Morgan fingerprint density at radius 3 is 2.84 bits per heavy atom. The molecule has 4 rings (SSSR count). The fourth-order valence-electron chi connectivity index (χ4n) is 3.48. The van der Waals surface area contributed by atoms with E-state index in [1.807, 2.05) is 35.2 Å². The molecule has 0 spiro atoms.